The molecule has 86 valence electrons. The van der Waals surface area contributed by atoms with E-state index in [2.05, 4.69) is 28.8 Å². The van der Waals surface area contributed by atoms with Crippen LogP contribution in [0, 0.1) is 0 Å². The summed E-state index contributed by atoms with van der Waals surface area (Å²) in [5.74, 6) is 1.38. The van der Waals surface area contributed by atoms with E-state index in [-0.39, 0.29) is 0 Å². The van der Waals surface area contributed by atoms with Gasteiger partial charge in [-0.15, -0.1) is 0 Å². The molecule has 1 aromatic carbocycles. The zero-order valence-electron chi connectivity index (χ0n) is 9.77. The molecule has 17 heavy (non-hydrogen) atoms. The molecule has 3 aromatic rings. The zero-order valence-corrected chi connectivity index (χ0v) is 9.77. The molecular formula is C13H13N3O. The molecule has 0 aliphatic carbocycles. The third kappa shape index (κ3) is 1.62. The lowest BCUT2D eigenvalue weighted by atomic mass is 10.1. The Morgan fingerprint density at radius 1 is 1.24 bits per heavy atom. The second-order valence-electron chi connectivity index (χ2n) is 4.34. The number of hydrogen-bond acceptors (Lipinski definition) is 3. The molecule has 0 aliphatic heterocycles. The van der Waals surface area contributed by atoms with Crippen molar-refractivity contribution >= 4 is 11.1 Å². The van der Waals surface area contributed by atoms with Crippen LogP contribution in [0.1, 0.15) is 25.6 Å². The van der Waals surface area contributed by atoms with Gasteiger partial charge in [0, 0.05) is 11.5 Å². The summed E-state index contributed by atoms with van der Waals surface area (Å²) >= 11 is 0. The Hall–Kier alpha value is -2.10. The number of nitrogens with zero attached hydrogens (tertiary/aromatic N) is 2. The molecular weight excluding hydrogens is 214 g/mol. The maximum Gasteiger partial charge on any atom is 0.182 e. The average molecular weight is 227 g/mol. The minimum absolute atomic E-state index is 0.389. The number of H-pyrrole nitrogens is 1. The highest BCUT2D eigenvalue weighted by atomic mass is 16.3. The molecule has 0 saturated carbocycles. The molecule has 0 saturated heterocycles. The van der Waals surface area contributed by atoms with Crippen molar-refractivity contribution in [1.82, 2.24) is 15.0 Å². The van der Waals surface area contributed by atoms with Gasteiger partial charge in [-0.25, -0.2) is 9.97 Å². The maximum atomic E-state index is 5.29. The van der Waals surface area contributed by atoms with Gasteiger partial charge in [0.05, 0.1) is 11.9 Å². The minimum Gasteiger partial charge on any atom is -0.443 e. The van der Waals surface area contributed by atoms with Gasteiger partial charge in [-0.2, -0.15) is 0 Å². The SMILES string of the molecule is CC(C)c1ncc(-c2cccc3ocnc23)[nH]1. The van der Waals surface area contributed by atoms with Crippen molar-refractivity contribution in [2.45, 2.75) is 19.8 Å². The van der Waals surface area contributed by atoms with Crippen molar-refractivity contribution < 1.29 is 4.42 Å². The summed E-state index contributed by atoms with van der Waals surface area (Å²) in [5.41, 5.74) is 3.67. The van der Waals surface area contributed by atoms with E-state index in [9.17, 15) is 0 Å². The normalized spacial score (nSPS) is 11.5. The van der Waals surface area contributed by atoms with Crippen LogP contribution >= 0.6 is 0 Å². The van der Waals surface area contributed by atoms with Crippen LogP contribution in [0.25, 0.3) is 22.4 Å². The highest BCUT2D eigenvalue weighted by Crippen LogP contribution is 2.27. The van der Waals surface area contributed by atoms with Crippen molar-refractivity contribution in [2.75, 3.05) is 0 Å². The fourth-order valence-electron chi connectivity index (χ4n) is 1.87. The second kappa shape index (κ2) is 3.73. The predicted molar refractivity (Wildman–Crippen MR) is 65.7 cm³/mol. The fourth-order valence-corrected chi connectivity index (χ4v) is 1.87. The van der Waals surface area contributed by atoms with E-state index in [1.54, 1.807) is 0 Å². The highest BCUT2D eigenvalue weighted by molar-refractivity contribution is 5.89. The van der Waals surface area contributed by atoms with Gasteiger partial charge in [-0.1, -0.05) is 26.0 Å². The molecule has 2 heterocycles. The number of aromatic nitrogens is 3. The summed E-state index contributed by atoms with van der Waals surface area (Å²) < 4.78 is 5.29. The quantitative estimate of drug-likeness (QED) is 0.730. The highest BCUT2D eigenvalue weighted by Gasteiger charge is 2.10. The van der Waals surface area contributed by atoms with Gasteiger partial charge >= 0.3 is 0 Å². The molecule has 4 heteroatoms. The Morgan fingerprint density at radius 2 is 2.12 bits per heavy atom. The summed E-state index contributed by atoms with van der Waals surface area (Å²) in [6.07, 6.45) is 3.31. The molecule has 1 N–H and O–H groups in total. The van der Waals surface area contributed by atoms with E-state index >= 15 is 0 Å². The monoisotopic (exact) mass is 227 g/mol. The molecule has 0 spiro atoms. The number of nitrogens with one attached hydrogen (secondary N) is 1. The lowest BCUT2D eigenvalue weighted by molar-refractivity contribution is 0.602. The Labute approximate surface area is 98.7 Å². The Bertz CT molecular complexity index is 651. The Balaban J connectivity index is 2.16. The molecule has 0 aliphatic rings. The van der Waals surface area contributed by atoms with E-state index in [0.717, 1.165) is 28.2 Å². The first-order valence-electron chi connectivity index (χ1n) is 5.63. The molecule has 0 amide bonds. The molecule has 0 radical (unpaired) electrons. The minimum atomic E-state index is 0.389. The summed E-state index contributed by atoms with van der Waals surface area (Å²) in [5, 5.41) is 0. The number of hydrogen-bond donors (Lipinski definition) is 1. The van der Waals surface area contributed by atoms with E-state index in [0.29, 0.717) is 5.92 Å². The van der Waals surface area contributed by atoms with Gasteiger partial charge in [0.25, 0.3) is 0 Å². The lowest BCUT2D eigenvalue weighted by Crippen LogP contribution is -1.89. The molecule has 0 atom stereocenters. The van der Waals surface area contributed by atoms with Gasteiger partial charge in [-0.3, -0.25) is 0 Å². The summed E-state index contributed by atoms with van der Waals surface area (Å²) in [4.78, 5) is 11.9. The van der Waals surface area contributed by atoms with E-state index in [1.165, 1.54) is 6.39 Å². The number of benzene rings is 1. The Morgan fingerprint density at radius 3 is 2.88 bits per heavy atom. The van der Waals surface area contributed by atoms with Crippen molar-refractivity contribution in [2.24, 2.45) is 0 Å². The van der Waals surface area contributed by atoms with Crippen molar-refractivity contribution in [3.8, 4) is 11.3 Å². The van der Waals surface area contributed by atoms with E-state index in [4.69, 9.17) is 4.42 Å². The standard InChI is InChI=1S/C13H13N3O/c1-8(2)13-14-6-10(16-13)9-4-3-5-11-12(9)15-7-17-11/h3-8H,1-2H3,(H,14,16). The predicted octanol–water partition coefficient (Wildman–Crippen LogP) is 3.34. The van der Waals surface area contributed by atoms with Crippen LogP contribution in [0.2, 0.25) is 0 Å². The topological polar surface area (TPSA) is 54.7 Å². The van der Waals surface area contributed by atoms with Crippen LogP contribution in [0.15, 0.2) is 35.2 Å². The van der Waals surface area contributed by atoms with Crippen molar-refractivity contribution in [3.63, 3.8) is 0 Å². The van der Waals surface area contributed by atoms with Crippen LogP contribution in [0.4, 0.5) is 0 Å². The van der Waals surface area contributed by atoms with E-state index < -0.39 is 0 Å². The van der Waals surface area contributed by atoms with Gasteiger partial charge in [0.2, 0.25) is 0 Å². The summed E-state index contributed by atoms with van der Waals surface area (Å²) in [6.45, 7) is 4.22. The van der Waals surface area contributed by atoms with Crippen LogP contribution in [-0.4, -0.2) is 15.0 Å². The van der Waals surface area contributed by atoms with Crippen LogP contribution in [0.5, 0.6) is 0 Å². The zero-order chi connectivity index (χ0) is 11.8. The number of imidazole rings is 1. The van der Waals surface area contributed by atoms with Gasteiger partial charge < -0.3 is 9.40 Å². The first kappa shape index (κ1) is 10.1. The average Bonchev–Trinajstić information content (AvgIpc) is 2.97. The summed E-state index contributed by atoms with van der Waals surface area (Å²) in [6, 6.07) is 5.88. The largest absolute Gasteiger partial charge is 0.443 e. The molecule has 3 rings (SSSR count). The molecule has 2 aromatic heterocycles. The lowest BCUT2D eigenvalue weighted by Gasteiger charge is -2.00. The number of fused-ring (bicyclic) bond motifs is 1. The van der Waals surface area contributed by atoms with Gasteiger partial charge in [0.1, 0.15) is 11.3 Å². The third-order valence-electron chi connectivity index (χ3n) is 2.79. The van der Waals surface area contributed by atoms with E-state index in [1.807, 2.05) is 24.4 Å². The van der Waals surface area contributed by atoms with Gasteiger partial charge in [-0.05, 0) is 6.07 Å². The first-order chi connectivity index (χ1) is 8.25. The number of rotatable bonds is 2. The van der Waals surface area contributed by atoms with Gasteiger partial charge in [0.15, 0.2) is 12.0 Å². The van der Waals surface area contributed by atoms with Crippen LogP contribution < -0.4 is 0 Å². The van der Waals surface area contributed by atoms with Crippen LogP contribution in [-0.2, 0) is 0 Å². The number of oxazole rings is 1. The smallest absolute Gasteiger partial charge is 0.182 e. The summed E-state index contributed by atoms with van der Waals surface area (Å²) in [7, 11) is 0. The third-order valence-corrected chi connectivity index (χ3v) is 2.79. The van der Waals surface area contributed by atoms with Crippen molar-refractivity contribution in [1.29, 1.82) is 0 Å². The second-order valence-corrected chi connectivity index (χ2v) is 4.34. The number of para-hydroxylation sites is 1. The molecule has 4 nitrogen and oxygen atoms in total. The fraction of sp³-hybridized carbons (Fsp3) is 0.231. The molecule has 0 fully saturated rings. The first-order valence-corrected chi connectivity index (χ1v) is 5.63. The molecule has 0 unspecified atom stereocenters. The maximum absolute atomic E-state index is 5.29. The van der Waals surface area contributed by atoms with Crippen LogP contribution in [0.3, 0.4) is 0 Å². The molecule has 0 bridgehead atoms. The Kier molecular flexibility index (Phi) is 2.21. The van der Waals surface area contributed by atoms with Crippen molar-refractivity contribution in [3.05, 3.63) is 36.6 Å². The number of aromatic amines is 1.